The molecule has 0 aromatic heterocycles. The first kappa shape index (κ1) is 18.1. The quantitative estimate of drug-likeness (QED) is 0.831. The summed E-state index contributed by atoms with van der Waals surface area (Å²) in [6.45, 7) is 3.18. The van der Waals surface area contributed by atoms with Crippen LogP contribution < -0.4 is 4.72 Å². The number of nitrogens with zero attached hydrogens (tertiary/aromatic N) is 1. The van der Waals surface area contributed by atoms with Crippen molar-refractivity contribution >= 4 is 21.8 Å². The van der Waals surface area contributed by atoms with E-state index in [1.807, 2.05) is 0 Å². The SMILES string of the molecule is C[C@H](N=C1NS(=O)(=O)c2ccccc21)C(=O)O[C@H](C)c1ccc(F)cc1. The predicted octanol–water partition coefficient (Wildman–Crippen LogP) is 2.56. The fraction of sp³-hybridized carbons (Fsp3) is 0.222. The van der Waals surface area contributed by atoms with E-state index in [0.29, 0.717) is 11.1 Å². The predicted molar refractivity (Wildman–Crippen MR) is 93.7 cm³/mol. The average Bonchev–Trinajstić information content (AvgIpc) is 2.86. The van der Waals surface area contributed by atoms with Crippen molar-refractivity contribution in [3.63, 3.8) is 0 Å². The van der Waals surface area contributed by atoms with E-state index in [0.717, 1.165) is 0 Å². The van der Waals surface area contributed by atoms with Crippen molar-refractivity contribution in [3.05, 3.63) is 65.5 Å². The summed E-state index contributed by atoms with van der Waals surface area (Å²) in [7, 11) is -3.66. The molecule has 136 valence electrons. The van der Waals surface area contributed by atoms with Gasteiger partial charge >= 0.3 is 5.97 Å². The Morgan fingerprint density at radius 1 is 1.12 bits per heavy atom. The minimum atomic E-state index is -3.66. The molecule has 0 aliphatic carbocycles. The van der Waals surface area contributed by atoms with Crippen molar-refractivity contribution in [2.45, 2.75) is 30.9 Å². The third-order valence-electron chi connectivity index (χ3n) is 3.96. The van der Waals surface area contributed by atoms with E-state index < -0.39 is 28.1 Å². The second-order valence-corrected chi connectivity index (χ2v) is 7.54. The number of amidine groups is 1. The van der Waals surface area contributed by atoms with Gasteiger partial charge in [0.15, 0.2) is 0 Å². The molecule has 0 unspecified atom stereocenters. The minimum absolute atomic E-state index is 0.111. The van der Waals surface area contributed by atoms with Gasteiger partial charge in [0, 0.05) is 5.56 Å². The molecule has 0 saturated heterocycles. The molecule has 2 aromatic carbocycles. The highest BCUT2D eigenvalue weighted by atomic mass is 32.2. The first-order valence-corrected chi connectivity index (χ1v) is 9.42. The molecule has 0 spiro atoms. The maximum atomic E-state index is 13.0. The zero-order valence-corrected chi connectivity index (χ0v) is 15.0. The molecule has 0 saturated carbocycles. The van der Waals surface area contributed by atoms with Crippen LogP contribution in [-0.2, 0) is 19.6 Å². The number of sulfonamides is 1. The first-order valence-electron chi connectivity index (χ1n) is 7.94. The van der Waals surface area contributed by atoms with E-state index in [1.54, 1.807) is 25.1 Å². The fourth-order valence-corrected chi connectivity index (χ4v) is 3.79. The number of esters is 1. The number of halogens is 1. The van der Waals surface area contributed by atoms with Gasteiger partial charge in [-0.15, -0.1) is 0 Å². The van der Waals surface area contributed by atoms with E-state index in [2.05, 4.69) is 9.71 Å². The van der Waals surface area contributed by atoms with Crippen LogP contribution in [0.25, 0.3) is 0 Å². The molecule has 8 heteroatoms. The summed E-state index contributed by atoms with van der Waals surface area (Å²) in [5, 5.41) is 0. The van der Waals surface area contributed by atoms with Crippen LogP contribution in [0.3, 0.4) is 0 Å². The van der Waals surface area contributed by atoms with Gasteiger partial charge in [-0.3, -0.25) is 9.71 Å². The number of carbonyl (C=O) groups is 1. The van der Waals surface area contributed by atoms with E-state index in [4.69, 9.17) is 4.74 Å². The van der Waals surface area contributed by atoms with Gasteiger partial charge in [0.1, 0.15) is 23.8 Å². The summed E-state index contributed by atoms with van der Waals surface area (Å²) in [4.78, 5) is 16.6. The second kappa shape index (κ2) is 6.87. The monoisotopic (exact) mass is 376 g/mol. The van der Waals surface area contributed by atoms with E-state index in [1.165, 1.54) is 37.3 Å². The Morgan fingerprint density at radius 2 is 1.77 bits per heavy atom. The molecule has 26 heavy (non-hydrogen) atoms. The van der Waals surface area contributed by atoms with Crippen molar-refractivity contribution in [1.82, 2.24) is 4.72 Å². The number of fused-ring (bicyclic) bond motifs is 1. The summed E-state index contributed by atoms with van der Waals surface area (Å²) in [6.07, 6.45) is -0.585. The van der Waals surface area contributed by atoms with Gasteiger partial charge in [-0.05, 0) is 43.7 Å². The van der Waals surface area contributed by atoms with Crippen LogP contribution in [0, 0.1) is 5.82 Å². The van der Waals surface area contributed by atoms with Crippen molar-refractivity contribution in [2.75, 3.05) is 0 Å². The zero-order valence-electron chi connectivity index (χ0n) is 14.1. The van der Waals surface area contributed by atoms with Gasteiger partial charge in [-0.1, -0.05) is 24.3 Å². The number of carbonyl (C=O) groups excluding carboxylic acids is 1. The number of ether oxygens (including phenoxy) is 1. The number of rotatable bonds is 4. The third-order valence-corrected chi connectivity index (χ3v) is 5.36. The Hall–Kier alpha value is -2.74. The zero-order chi connectivity index (χ0) is 18.9. The smallest absolute Gasteiger partial charge is 0.331 e. The highest BCUT2D eigenvalue weighted by Gasteiger charge is 2.31. The van der Waals surface area contributed by atoms with Crippen LogP contribution in [0.1, 0.15) is 31.1 Å². The standard InChI is InChI=1S/C18H17FN2O4S/c1-11(18(22)25-12(2)13-7-9-14(19)10-8-13)20-17-15-5-3-4-6-16(15)26(23,24)21-17/h3-12H,1-2H3,(H,20,21)/t11-,12+/m0/s1. The van der Waals surface area contributed by atoms with Crippen molar-refractivity contribution < 1.29 is 22.3 Å². The van der Waals surface area contributed by atoms with Gasteiger partial charge in [0.05, 0.1) is 4.90 Å². The van der Waals surface area contributed by atoms with Crippen LogP contribution in [0.4, 0.5) is 4.39 Å². The summed E-state index contributed by atoms with van der Waals surface area (Å²) >= 11 is 0. The lowest BCUT2D eigenvalue weighted by Gasteiger charge is -2.15. The molecule has 3 rings (SSSR count). The molecule has 6 nitrogen and oxygen atoms in total. The Balaban J connectivity index is 1.75. The van der Waals surface area contributed by atoms with Crippen molar-refractivity contribution in [1.29, 1.82) is 0 Å². The maximum absolute atomic E-state index is 13.0. The molecule has 1 heterocycles. The van der Waals surface area contributed by atoms with Gasteiger partial charge in [-0.2, -0.15) is 0 Å². The topological polar surface area (TPSA) is 84.8 Å². The number of nitrogens with one attached hydrogen (secondary N) is 1. The van der Waals surface area contributed by atoms with Gasteiger partial charge in [0.25, 0.3) is 10.0 Å². The van der Waals surface area contributed by atoms with Crippen LogP contribution in [0.2, 0.25) is 0 Å². The van der Waals surface area contributed by atoms with Gasteiger partial charge in [0.2, 0.25) is 0 Å². The number of hydrogen-bond donors (Lipinski definition) is 1. The summed E-state index contributed by atoms with van der Waals surface area (Å²) in [5.74, 6) is -0.878. The molecule has 1 aliphatic heterocycles. The van der Waals surface area contributed by atoms with Crippen molar-refractivity contribution in [3.8, 4) is 0 Å². The lowest BCUT2D eigenvalue weighted by atomic mass is 10.1. The lowest BCUT2D eigenvalue weighted by molar-refractivity contribution is -0.149. The lowest BCUT2D eigenvalue weighted by Crippen LogP contribution is -2.27. The molecular weight excluding hydrogens is 359 g/mol. The molecule has 0 amide bonds. The highest BCUT2D eigenvalue weighted by molar-refractivity contribution is 7.90. The van der Waals surface area contributed by atoms with Crippen molar-refractivity contribution in [2.24, 2.45) is 4.99 Å². The fourth-order valence-electron chi connectivity index (χ4n) is 2.55. The third kappa shape index (κ3) is 3.60. The Morgan fingerprint density at radius 3 is 2.46 bits per heavy atom. The molecule has 0 bridgehead atoms. The van der Waals surface area contributed by atoms with E-state index in [9.17, 15) is 17.6 Å². The molecule has 1 N–H and O–H groups in total. The molecule has 1 aliphatic rings. The molecule has 0 fully saturated rings. The Bertz CT molecular complexity index is 971. The minimum Gasteiger partial charge on any atom is -0.456 e. The summed E-state index contributed by atoms with van der Waals surface area (Å²) in [6, 6.07) is 11.1. The Labute approximate surface area is 150 Å². The van der Waals surface area contributed by atoms with E-state index >= 15 is 0 Å². The average molecular weight is 376 g/mol. The summed E-state index contributed by atoms with van der Waals surface area (Å²) < 4.78 is 44.8. The van der Waals surface area contributed by atoms with Gasteiger partial charge < -0.3 is 4.74 Å². The first-order chi connectivity index (χ1) is 12.3. The normalized spacial score (nSPS) is 18.7. The molecule has 2 atom stereocenters. The van der Waals surface area contributed by atoms with Crippen LogP contribution in [-0.4, -0.2) is 26.3 Å². The summed E-state index contributed by atoms with van der Waals surface area (Å²) in [5.41, 5.74) is 1.06. The Kier molecular flexibility index (Phi) is 4.78. The largest absolute Gasteiger partial charge is 0.456 e. The highest BCUT2D eigenvalue weighted by Crippen LogP contribution is 2.23. The second-order valence-electron chi connectivity index (χ2n) is 5.89. The number of hydrogen-bond acceptors (Lipinski definition) is 5. The van der Waals surface area contributed by atoms with Crippen LogP contribution in [0.15, 0.2) is 58.4 Å². The molecular formula is C18H17FN2O4S. The van der Waals surface area contributed by atoms with Gasteiger partial charge in [-0.25, -0.2) is 17.6 Å². The maximum Gasteiger partial charge on any atom is 0.331 e. The molecule has 0 radical (unpaired) electrons. The van der Waals surface area contributed by atoms with E-state index in [-0.39, 0.29) is 16.5 Å². The van der Waals surface area contributed by atoms with Crippen LogP contribution in [0.5, 0.6) is 0 Å². The molecule has 2 aromatic rings. The van der Waals surface area contributed by atoms with Crippen LogP contribution >= 0.6 is 0 Å². The number of benzene rings is 2. The number of aliphatic imine (C=N–C) groups is 1.